The number of sulfonamides is 1. The number of nitrogens with one attached hydrogen (secondary N) is 2. The van der Waals surface area contributed by atoms with Crippen molar-refractivity contribution in [1.29, 1.82) is 0 Å². The fourth-order valence-electron chi connectivity index (χ4n) is 4.82. The maximum Gasteiger partial charge on any atom is 0.391 e. The van der Waals surface area contributed by atoms with Crippen molar-refractivity contribution in [2.24, 2.45) is 5.92 Å². The van der Waals surface area contributed by atoms with Crippen LogP contribution >= 0.6 is 0 Å². The van der Waals surface area contributed by atoms with Gasteiger partial charge in [0.15, 0.2) is 0 Å². The molecular formula is C24H30F3N5O3S. The number of anilines is 1. The number of amides is 2. The number of aromatic nitrogens is 1. The van der Waals surface area contributed by atoms with Crippen molar-refractivity contribution >= 4 is 21.7 Å². The molecule has 1 aromatic heterocycles. The Balaban J connectivity index is 1.29. The lowest BCUT2D eigenvalue weighted by Crippen LogP contribution is -2.53. The Morgan fingerprint density at radius 1 is 1.06 bits per heavy atom. The summed E-state index contributed by atoms with van der Waals surface area (Å²) in [7, 11) is -3.75. The normalized spacial score (nSPS) is 22.2. The third kappa shape index (κ3) is 6.54. The second-order valence-electron chi connectivity index (χ2n) is 9.19. The number of hydrogen-bond donors (Lipinski definition) is 2. The number of alkyl halides is 3. The summed E-state index contributed by atoms with van der Waals surface area (Å²) in [4.78, 5) is 18.2. The highest BCUT2D eigenvalue weighted by Crippen LogP contribution is 2.39. The van der Waals surface area contributed by atoms with Crippen molar-refractivity contribution in [2.45, 2.75) is 49.3 Å². The van der Waals surface area contributed by atoms with E-state index in [1.807, 2.05) is 11.0 Å². The average Bonchev–Trinajstić information content (AvgIpc) is 2.88. The van der Waals surface area contributed by atoms with Crippen molar-refractivity contribution in [2.75, 3.05) is 31.5 Å². The van der Waals surface area contributed by atoms with E-state index in [0.717, 1.165) is 5.56 Å². The minimum Gasteiger partial charge on any atom is -0.334 e. The largest absolute Gasteiger partial charge is 0.391 e. The van der Waals surface area contributed by atoms with Gasteiger partial charge >= 0.3 is 12.2 Å². The smallest absolute Gasteiger partial charge is 0.334 e. The van der Waals surface area contributed by atoms with Crippen LogP contribution in [0.25, 0.3) is 0 Å². The van der Waals surface area contributed by atoms with Crippen molar-refractivity contribution in [3.05, 3.63) is 54.4 Å². The van der Waals surface area contributed by atoms with Crippen LogP contribution in [0.1, 0.15) is 31.2 Å². The predicted octanol–water partition coefficient (Wildman–Crippen LogP) is 3.83. The van der Waals surface area contributed by atoms with Crippen molar-refractivity contribution in [3.8, 4) is 0 Å². The van der Waals surface area contributed by atoms with E-state index < -0.39 is 28.1 Å². The van der Waals surface area contributed by atoms with E-state index in [2.05, 4.69) is 15.6 Å². The number of nitrogens with zero attached hydrogens (tertiary/aromatic N) is 3. The number of carbonyl (C=O) groups excluding carboxylic acids is 1. The molecule has 2 heterocycles. The zero-order chi connectivity index (χ0) is 25.8. The molecule has 0 bridgehead atoms. The van der Waals surface area contributed by atoms with Crippen LogP contribution in [0.2, 0.25) is 0 Å². The van der Waals surface area contributed by atoms with Crippen LogP contribution in [0.5, 0.6) is 0 Å². The van der Waals surface area contributed by atoms with E-state index in [9.17, 15) is 26.4 Å². The van der Waals surface area contributed by atoms with E-state index in [1.54, 1.807) is 18.5 Å². The summed E-state index contributed by atoms with van der Waals surface area (Å²) in [6.45, 7) is 1.57. The molecule has 1 saturated heterocycles. The van der Waals surface area contributed by atoms with E-state index in [0.29, 0.717) is 38.2 Å². The zero-order valence-electron chi connectivity index (χ0n) is 19.7. The number of benzene rings is 1. The highest BCUT2D eigenvalue weighted by Gasteiger charge is 2.43. The number of carbonyl (C=O) groups is 1. The van der Waals surface area contributed by atoms with Crippen LogP contribution in [0.3, 0.4) is 0 Å². The maximum atomic E-state index is 13.2. The Bertz CT molecular complexity index is 1120. The van der Waals surface area contributed by atoms with Crippen LogP contribution in [0.4, 0.5) is 23.7 Å². The topological polar surface area (TPSA) is 94.6 Å². The van der Waals surface area contributed by atoms with Gasteiger partial charge in [-0.05, 0) is 55.2 Å². The highest BCUT2D eigenvalue weighted by molar-refractivity contribution is 7.89. The second-order valence-corrected chi connectivity index (χ2v) is 11.1. The molecule has 0 spiro atoms. The minimum atomic E-state index is -4.18. The molecule has 8 nitrogen and oxygen atoms in total. The molecule has 1 aromatic carbocycles. The van der Waals surface area contributed by atoms with Gasteiger partial charge in [-0.3, -0.25) is 9.88 Å². The molecular weight excluding hydrogens is 495 g/mol. The van der Waals surface area contributed by atoms with Gasteiger partial charge in [-0.15, -0.1) is 0 Å². The molecule has 1 aliphatic carbocycles. The van der Waals surface area contributed by atoms with Gasteiger partial charge < -0.3 is 10.6 Å². The van der Waals surface area contributed by atoms with Crippen molar-refractivity contribution < 1.29 is 26.4 Å². The first-order valence-electron chi connectivity index (χ1n) is 12.0. The third-order valence-corrected chi connectivity index (χ3v) is 8.74. The number of hydrogen-bond acceptors (Lipinski definition) is 5. The molecule has 2 amide bonds. The van der Waals surface area contributed by atoms with Gasteiger partial charge in [0.2, 0.25) is 10.0 Å². The van der Waals surface area contributed by atoms with E-state index in [4.69, 9.17) is 0 Å². The molecule has 196 valence electrons. The molecule has 1 saturated carbocycles. The number of pyridine rings is 1. The van der Waals surface area contributed by atoms with Crippen LogP contribution in [0.15, 0.2) is 53.7 Å². The summed E-state index contributed by atoms with van der Waals surface area (Å²) in [6.07, 6.45) is 0.617. The molecule has 12 heteroatoms. The summed E-state index contributed by atoms with van der Waals surface area (Å²) in [5, 5.41) is 5.36. The molecule has 1 aliphatic heterocycles. The molecule has 2 unspecified atom stereocenters. The number of halogens is 3. The van der Waals surface area contributed by atoms with Gasteiger partial charge in [0.05, 0.1) is 10.8 Å². The Labute approximate surface area is 208 Å². The molecule has 2 atom stereocenters. The number of piperazine rings is 1. The molecule has 2 aliphatic rings. The van der Waals surface area contributed by atoms with Crippen LogP contribution in [-0.4, -0.2) is 67.0 Å². The van der Waals surface area contributed by atoms with Gasteiger partial charge in [0.25, 0.3) is 0 Å². The van der Waals surface area contributed by atoms with Crippen LogP contribution in [0, 0.1) is 5.92 Å². The molecule has 36 heavy (non-hydrogen) atoms. The molecule has 0 radical (unpaired) electrons. The van der Waals surface area contributed by atoms with Gasteiger partial charge in [-0.25, -0.2) is 13.2 Å². The number of urea groups is 1. The third-order valence-electron chi connectivity index (χ3n) is 6.82. The first kappa shape index (κ1) is 26.4. The average molecular weight is 526 g/mol. The fraction of sp³-hybridized carbons (Fsp3) is 0.500. The van der Waals surface area contributed by atoms with Gasteiger partial charge in [-0.2, -0.15) is 17.5 Å². The summed E-state index contributed by atoms with van der Waals surface area (Å²) in [5.41, 5.74) is 1.29. The van der Waals surface area contributed by atoms with Gasteiger partial charge in [0, 0.05) is 56.8 Å². The number of rotatable bonds is 6. The quantitative estimate of drug-likeness (QED) is 0.598. The Morgan fingerprint density at radius 2 is 1.78 bits per heavy atom. The molecule has 2 fully saturated rings. The second kappa shape index (κ2) is 11.1. The molecule has 2 N–H and O–H groups in total. The van der Waals surface area contributed by atoms with E-state index in [-0.39, 0.29) is 36.9 Å². The van der Waals surface area contributed by atoms with E-state index >= 15 is 0 Å². The Morgan fingerprint density at radius 3 is 2.42 bits per heavy atom. The SMILES string of the molecule is O=C(NCc1cccnc1)Nc1ccc(S(=O)(=O)N2CCN(C3CCCC(C(F)(F)F)C3)CC2)cc1. The van der Waals surface area contributed by atoms with Crippen molar-refractivity contribution in [1.82, 2.24) is 19.5 Å². The molecule has 2 aromatic rings. The van der Waals surface area contributed by atoms with Crippen molar-refractivity contribution in [3.63, 3.8) is 0 Å². The monoisotopic (exact) mass is 525 g/mol. The summed E-state index contributed by atoms with van der Waals surface area (Å²) in [6, 6.07) is 8.93. The summed E-state index contributed by atoms with van der Waals surface area (Å²) < 4.78 is 67.1. The lowest BCUT2D eigenvalue weighted by atomic mass is 9.84. The van der Waals surface area contributed by atoms with Crippen LogP contribution < -0.4 is 10.6 Å². The predicted molar refractivity (Wildman–Crippen MR) is 129 cm³/mol. The molecule has 4 rings (SSSR count). The Kier molecular flexibility index (Phi) is 8.16. The van der Waals surface area contributed by atoms with E-state index in [1.165, 1.54) is 28.6 Å². The fourth-order valence-corrected chi connectivity index (χ4v) is 6.24. The summed E-state index contributed by atoms with van der Waals surface area (Å²) in [5.74, 6) is -1.28. The van der Waals surface area contributed by atoms with Gasteiger partial charge in [0.1, 0.15) is 0 Å². The minimum absolute atomic E-state index is 0.0839. The zero-order valence-corrected chi connectivity index (χ0v) is 20.6. The lowest BCUT2D eigenvalue weighted by molar-refractivity contribution is -0.187. The lowest BCUT2D eigenvalue weighted by Gasteiger charge is -2.42. The maximum absolute atomic E-state index is 13.2. The first-order chi connectivity index (χ1) is 17.1. The summed E-state index contributed by atoms with van der Waals surface area (Å²) >= 11 is 0. The Hall–Kier alpha value is -2.70. The van der Waals surface area contributed by atoms with Crippen LogP contribution in [-0.2, 0) is 16.6 Å². The standard InChI is InChI=1S/C24H30F3N5O3S/c25-24(26,27)19-4-1-5-21(15-19)31-11-13-32(14-12-31)36(34,35)22-8-6-20(7-9-22)30-23(33)29-17-18-3-2-10-28-16-18/h2-3,6-10,16,19,21H,1,4-5,11-15,17H2,(H2,29,30,33). The highest BCUT2D eigenvalue weighted by atomic mass is 32.2. The first-order valence-corrected chi connectivity index (χ1v) is 13.4. The van der Waals surface area contributed by atoms with Gasteiger partial charge in [-0.1, -0.05) is 12.5 Å².